The number of hydrogen-bond donors (Lipinski definition) is 10. The van der Waals surface area contributed by atoms with Crippen molar-refractivity contribution in [3.8, 4) is 0 Å². The third kappa shape index (κ3) is 39.0. The summed E-state index contributed by atoms with van der Waals surface area (Å²) in [6, 6.07) is 23.0. The Balaban J connectivity index is 0.000000297. The van der Waals surface area contributed by atoms with E-state index < -0.39 is 205 Å². The number of nitrogens with two attached hydrogens (primary N) is 3. The van der Waals surface area contributed by atoms with Crippen LogP contribution >= 0.6 is 22.7 Å². The second-order valence-electron chi connectivity index (χ2n) is 37.6. The predicted octanol–water partition coefficient (Wildman–Crippen LogP) is 14.4. The lowest BCUT2D eigenvalue weighted by molar-refractivity contribution is -0.141. The van der Waals surface area contributed by atoms with Crippen LogP contribution in [0.15, 0.2) is 127 Å². The summed E-state index contributed by atoms with van der Waals surface area (Å²) in [7, 11) is -11.8. The Labute approximate surface area is 861 Å². The van der Waals surface area contributed by atoms with E-state index in [1.807, 2.05) is 103 Å². The molecule has 1 saturated heterocycles. The average Bonchev–Trinajstić information content (AvgIpc) is 1.60. The van der Waals surface area contributed by atoms with Crippen molar-refractivity contribution in [1.82, 2.24) is 45.9 Å². The van der Waals surface area contributed by atoms with Gasteiger partial charge in [-0.3, -0.25) is 28.8 Å². The van der Waals surface area contributed by atoms with Crippen molar-refractivity contribution in [3.63, 3.8) is 0 Å². The number of aliphatic hydroxyl groups is 3. The monoisotopic (exact) mass is 2140 g/mol. The number of benzene rings is 6. The Kier molecular flexibility index (Phi) is 49.9. The summed E-state index contributed by atoms with van der Waals surface area (Å²) in [4.78, 5) is 94.6. The van der Waals surface area contributed by atoms with Gasteiger partial charge >= 0.3 is 6.18 Å². The zero-order chi connectivity index (χ0) is 108. The Hall–Kier alpha value is -9.66. The summed E-state index contributed by atoms with van der Waals surface area (Å²) in [5, 5.41) is 43.0. The summed E-state index contributed by atoms with van der Waals surface area (Å²) in [5.41, 5.74) is 23.4. The molecule has 9 rings (SSSR count). The molecule has 3 heterocycles. The highest BCUT2D eigenvalue weighted by Crippen LogP contribution is 2.35. The minimum Gasteiger partial charge on any atom is -0.390 e. The van der Waals surface area contributed by atoms with Crippen molar-refractivity contribution in [2.24, 2.45) is 23.1 Å². The number of piperidine rings is 1. The predicted molar refractivity (Wildman–Crippen MR) is 551 cm³/mol. The first kappa shape index (κ1) is 123. The van der Waals surface area contributed by atoms with Crippen LogP contribution < -0.4 is 38.5 Å². The molecule has 0 bridgehead atoms. The van der Waals surface area contributed by atoms with Gasteiger partial charge in [0.2, 0.25) is 23.6 Å². The molecule has 27 nitrogen and oxygen atoms in total. The maximum absolute atomic E-state index is 14.5. The van der Waals surface area contributed by atoms with Crippen LogP contribution in [-0.2, 0) is 113 Å². The highest BCUT2D eigenvalue weighted by molar-refractivity contribution is 7.92. The Morgan fingerprint density at radius 3 is 0.959 bits per heavy atom. The van der Waals surface area contributed by atoms with Crippen LogP contribution in [0.4, 0.5) is 39.5 Å². The van der Waals surface area contributed by atoms with Gasteiger partial charge in [0.25, 0.3) is 11.8 Å². The molecule has 13 N–H and O–H groups in total. The Bertz CT molecular complexity index is 5860. The average molecular weight is 2150 g/mol. The molecular weight excluding hydrogens is 2000 g/mol. The standard InChI is InChI=1S/C35H45F5N4O5S2.C35H48F2N4O5S2.C35H52F2N4O5S/c1-5-9-27(10-6-2)51(48,49)20-29(43-33(46)31-32(35(38,39)40)42-21(4)50-31)34(47)44(18-23-12-8-11-22(7-3)13-23)19-30(45)28(41)16-24-14-25(36)17-26(37)15-24;1-6-10-29(11-7-2)48(45,46)21-31(40-34(43)33-22(4)39-23(5)47-33)35(44)41(19-25-13-9-12-24(8-3)14-25)20-32(42)30(38)17-26-15-27(36)18-28(37)16-26;1-4-8-30(9-5-2)47(45,46)23-32(40-34(43)27-12-14-39-15-13-27)35(44)41(21-25-11-7-10-24(6-3)16-25)22-33(42)31(38)19-26-17-28(36)20-29(37)18-26/h8,11-15,17,27-30,45H,5-7,9-10,16,18-20,41H2,1-4H3,(H,43,46);9,12-16,18,29-32,42H,6-8,10-11,17,19-21,38H2,1-5H3,(H,40,43);7,10-11,16-18,20,27,30-33,39,42H,4-6,8-9,12-15,19,21-23,38H2,1-3H3,(H,40,43)/t28-,29?,30+;30-,31?,32+;31-,32?,33+/m000/s1. The summed E-state index contributed by atoms with van der Waals surface area (Å²) >= 11 is 1.59. The fourth-order valence-electron chi connectivity index (χ4n) is 17.8. The van der Waals surface area contributed by atoms with Crippen LogP contribution in [0.3, 0.4) is 0 Å². The van der Waals surface area contributed by atoms with Gasteiger partial charge in [-0.15, -0.1) is 22.7 Å². The molecule has 1 aliphatic rings. The summed E-state index contributed by atoms with van der Waals surface area (Å²) in [5.74, 6) is -12.0. The highest BCUT2D eigenvalue weighted by Gasteiger charge is 2.44. The minimum atomic E-state index is -5.00. The van der Waals surface area contributed by atoms with Crippen LogP contribution in [0, 0.1) is 61.6 Å². The van der Waals surface area contributed by atoms with E-state index in [2.05, 4.69) is 31.2 Å². The third-order valence-electron chi connectivity index (χ3n) is 25.4. The van der Waals surface area contributed by atoms with Gasteiger partial charge in [0.1, 0.15) is 62.8 Å². The van der Waals surface area contributed by atoms with Crippen LogP contribution in [0.1, 0.15) is 243 Å². The van der Waals surface area contributed by atoms with Crippen molar-refractivity contribution in [2.45, 2.75) is 308 Å². The van der Waals surface area contributed by atoms with E-state index >= 15 is 0 Å². The SMILES string of the molecule is CCCC(CCC)S(=O)(=O)CC(NC(=O)C1CCNCC1)C(=O)N(Cc1cccc(CC)c1)C[C@@H](O)[C@@H](N)Cc1cc(F)cc(F)c1.CCCC(CCC)S(=O)(=O)CC(NC(=O)c1sc(C)nc1C(F)(F)F)C(=O)N(Cc1cccc(CC)c1)C[C@@H](O)[C@@H](N)Cc1cc(F)cc(F)c1.CCCC(CCC)S(=O)(=O)CC(NC(=O)c1sc(C)nc1C)C(=O)N(Cc1cccc(CC)c1)C[C@@H](O)[C@@H](N)Cc1cc(F)cc(F)c1. The number of carbonyl (C=O) groups excluding carboxylic acids is 6. The van der Waals surface area contributed by atoms with Crippen LogP contribution in [0.25, 0.3) is 0 Å². The summed E-state index contributed by atoms with van der Waals surface area (Å²) in [6.45, 7) is 21.8. The second-order valence-corrected chi connectivity index (χ2v) is 47.0. The number of halogens is 9. The normalized spacial score (nSPS) is 14.6. The van der Waals surface area contributed by atoms with Crippen molar-refractivity contribution in [2.75, 3.05) is 50.0 Å². The molecule has 2 aromatic heterocycles. The van der Waals surface area contributed by atoms with Crippen LogP contribution in [0.5, 0.6) is 0 Å². The van der Waals surface area contributed by atoms with Gasteiger partial charge in [-0.2, -0.15) is 13.2 Å². The maximum Gasteiger partial charge on any atom is 0.435 e. The molecule has 1 aliphatic heterocycles. The number of alkyl halides is 3. The van der Waals surface area contributed by atoms with E-state index in [9.17, 15) is 109 Å². The quantitative estimate of drug-likeness (QED) is 0.0158. The Morgan fingerprint density at radius 1 is 0.411 bits per heavy atom. The van der Waals surface area contributed by atoms with E-state index in [0.29, 0.717) is 130 Å². The van der Waals surface area contributed by atoms with Gasteiger partial charge in [0.05, 0.1) is 67.0 Å². The molecule has 0 radical (unpaired) electrons. The maximum atomic E-state index is 14.5. The number of aromatic nitrogens is 2. The van der Waals surface area contributed by atoms with Crippen LogP contribution in [-0.4, -0.2) is 221 Å². The molecular formula is C105H145F9N12O15S5. The van der Waals surface area contributed by atoms with E-state index in [-0.39, 0.29) is 103 Å². The molecule has 3 unspecified atom stereocenters. The molecule has 8 aromatic rings. The zero-order valence-corrected chi connectivity index (χ0v) is 89.3. The molecule has 808 valence electrons. The number of hydrogen-bond acceptors (Lipinski definition) is 23. The number of aryl methyl sites for hydroxylation is 6. The lowest BCUT2D eigenvalue weighted by atomic mass is 9.97. The van der Waals surface area contributed by atoms with Gasteiger partial charge in [0.15, 0.2) is 35.2 Å². The fraction of sp³-hybridized carbons (Fsp3) is 0.543. The van der Waals surface area contributed by atoms with Gasteiger partial charge in [0, 0.05) is 81.5 Å². The first-order valence-electron chi connectivity index (χ1n) is 49.9. The van der Waals surface area contributed by atoms with Crippen molar-refractivity contribution in [3.05, 3.63) is 244 Å². The third-order valence-corrected chi connectivity index (χ3v) is 34.3. The number of aliphatic hydroxyl groups excluding tert-OH is 3. The second kappa shape index (κ2) is 59.1. The van der Waals surface area contributed by atoms with E-state index in [1.165, 1.54) is 16.7 Å². The first-order chi connectivity index (χ1) is 68.9. The number of amides is 6. The van der Waals surface area contributed by atoms with Gasteiger partial charge in [-0.1, -0.05) is 174 Å². The summed E-state index contributed by atoms with van der Waals surface area (Å²) in [6.07, 6.45) is -0.462. The van der Waals surface area contributed by atoms with Crippen molar-refractivity contribution >= 4 is 87.6 Å². The number of rotatable bonds is 54. The number of sulfone groups is 3. The van der Waals surface area contributed by atoms with E-state index in [0.717, 1.165) is 105 Å². The number of nitrogens with zero attached hydrogens (tertiary/aromatic N) is 5. The van der Waals surface area contributed by atoms with Crippen LogP contribution in [0.2, 0.25) is 0 Å². The largest absolute Gasteiger partial charge is 0.435 e. The van der Waals surface area contributed by atoms with Gasteiger partial charge in [-0.05, 0) is 210 Å². The topological polar surface area (TPSA) is 427 Å². The van der Waals surface area contributed by atoms with Crippen molar-refractivity contribution < 1.29 is 109 Å². The number of carbonyl (C=O) groups is 6. The lowest BCUT2D eigenvalue weighted by Crippen LogP contribution is -2.56. The number of thiazole rings is 2. The molecule has 146 heavy (non-hydrogen) atoms. The molecule has 41 heteroatoms. The number of nitrogens with one attached hydrogen (secondary N) is 4. The fourth-order valence-corrected chi connectivity index (χ4v) is 25.9. The van der Waals surface area contributed by atoms with E-state index in [1.54, 1.807) is 45.9 Å². The molecule has 0 spiro atoms. The molecule has 6 aromatic carbocycles. The highest BCUT2D eigenvalue weighted by atomic mass is 32.2. The smallest absolute Gasteiger partial charge is 0.390 e. The molecule has 9 atom stereocenters. The molecule has 6 amide bonds. The first-order valence-corrected chi connectivity index (χ1v) is 56.7. The summed E-state index contributed by atoms with van der Waals surface area (Å²) < 4.78 is 207. The van der Waals surface area contributed by atoms with Crippen molar-refractivity contribution in [1.29, 1.82) is 0 Å². The van der Waals surface area contributed by atoms with E-state index in [4.69, 9.17) is 17.2 Å². The van der Waals surface area contributed by atoms with Gasteiger partial charge < -0.3 is 68.5 Å². The Morgan fingerprint density at radius 2 is 0.685 bits per heavy atom. The molecule has 0 saturated carbocycles. The minimum absolute atomic E-state index is 0.0104. The zero-order valence-electron chi connectivity index (χ0n) is 85.2. The lowest BCUT2D eigenvalue weighted by Gasteiger charge is -2.33. The molecule has 0 aliphatic carbocycles. The molecule has 1 fully saturated rings. The van der Waals surface area contributed by atoms with Gasteiger partial charge in [-0.25, -0.2) is 61.6 Å².